The van der Waals surface area contributed by atoms with E-state index < -0.39 is 10.0 Å². The number of hydrogen-bond acceptors (Lipinski definition) is 8. The normalized spacial score (nSPS) is 16.1. The molecule has 0 unspecified atom stereocenters. The highest BCUT2D eigenvalue weighted by Crippen LogP contribution is 2.26. The summed E-state index contributed by atoms with van der Waals surface area (Å²) >= 11 is 0. The standard InChI is InChI=1S/C16H17N5O4S/c1-12-18-19-16(25-12)13-10-15(24-11-13)26(22,23)21-8-6-20(7-9-21)14-4-2-3-5-17-14/h2-5,10-11H,6-9H2,1H3. The van der Waals surface area contributed by atoms with Crippen molar-refractivity contribution < 1.29 is 17.3 Å². The topological polar surface area (TPSA) is 106 Å². The van der Waals surface area contributed by atoms with Crippen LogP contribution in [0.15, 0.2) is 50.7 Å². The van der Waals surface area contributed by atoms with Gasteiger partial charge in [-0.2, -0.15) is 4.31 Å². The lowest BCUT2D eigenvalue weighted by molar-refractivity contribution is 0.361. The molecule has 0 bridgehead atoms. The molecule has 0 aliphatic carbocycles. The van der Waals surface area contributed by atoms with Crippen molar-refractivity contribution in [2.24, 2.45) is 0 Å². The largest absolute Gasteiger partial charge is 0.451 e. The lowest BCUT2D eigenvalue weighted by Gasteiger charge is -2.34. The van der Waals surface area contributed by atoms with Crippen LogP contribution in [-0.4, -0.2) is 54.1 Å². The van der Waals surface area contributed by atoms with Crippen LogP contribution >= 0.6 is 0 Å². The maximum Gasteiger partial charge on any atom is 0.276 e. The third-order valence-electron chi connectivity index (χ3n) is 4.15. The molecule has 26 heavy (non-hydrogen) atoms. The number of aromatic nitrogens is 3. The fourth-order valence-electron chi connectivity index (χ4n) is 2.80. The van der Waals surface area contributed by atoms with E-state index in [-0.39, 0.29) is 11.0 Å². The molecule has 136 valence electrons. The molecular formula is C16H17N5O4S. The highest BCUT2D eigenvalue weighted by atomic mass is 32.2. The average molecular weight is 375 g/mol. The smallest absolute Gasteiger partial charge is 0.276 e. The summed E-state index contributed by atoms with van der Waals surface area (Å²) in [7, 11) is -3.72. The molecule has 0 atom stereocenters. The van der Waals surface area contributed by atoms with E-state index in [4.69, 9.17) is 8.83 Å². The van der Waals surface area contributed by atoms with Crippen LogP contribution in [0, 0.1) is 6.92 Å². The van der Waals surface area contributed by atoms with Crippen molar-refractivity contribution in [3.8, 4) is 11.5 Å². The molecule has 0 N–H and O–H groups in total. The number of anilines is 1. The molecule has 0 saturated carbocycles. The Balaban J connectivity index is 1.49. The molecule has 4 heterocycles. The van der Waals surface area contributed by atoms with E-state index >= 15 is 0 Å². The Kier molecular flexibility index (Phi) is 4.21. The number of sulfonamides is 1. The van der Waals surface area contributed by atoms with E-state index in [1.807, 2.05) is 18.2 Å². The molecule has 3 aromatic rings. The van der Waals surface area contributed by atoms with E-state index in [2.05, 4.69) is 20.1 Å². The van der Waals surface area contributed by atoms with Gasteiger partial charge in [-0.15, -0.1) is 10.2 Å². The Hall–Kier alpha value is -2.72. The highest BCUT2D eigenvalue weighted by Gasteiger charge is 2.31. The molecule has 3 aromatic heterocycles. The first-order valence-corrected chi connectivity index (χ1v) is 9.53. The molecular weight excluding hydrogens is 358 g/mol. The molecule has 1 saturated heterocycles. The summed E-state index contributed by atoms with van der Waals surface area (Å²) in [6, 6.07) is 7.08. The summed E-state index contributed by atoms with van der Waals surface area (Å²) in [6.45, 7) is 3.50. The van der Waals surface area contributed by atoms with E-state index in [1.54, 1.807) is 13.1 Å². The highest BCUT2D eigenvalue weighted by molar-refractivity contribution is 7.89. The Morgan fingerprint density at radius 1 is 1.12 bits per heavy atom. The minimum Gasteiger partial charge on any atom is -0.451 e. The quantitative estimate of drug-likeness (QED) is 0.676. The number of nitrogens with zero attached hydrogens (tertiary/aromatic N) is 5. The molecule has 0 spiro atoms. The minimum atomic E-state index is -3.72. The third kappa shape index (κ3) is 3.08. The van der Waals surface area contributed by atoms with Crippen LogP contribution in [0.3, 0.4) is 0 Å². The maximum absolute atomic E-state index is 12.8. The van der Waals surface area contributed by atoms with Gasteiger partial charge in [0.1, 0.15) is 12.1 Å². The number of rotatable bonds is 4. The first kappa shape index (κ1) is 16.7. The van der Waals surface area contributed by atoms with Gasteiger partial charge in [0.2, 0.25) is 11.0 Å². The molecule has 4 rings (SSSR count). The van der Waals surface area contributed by atoms with Crippen molar-refractivity contribution in [3.05, 3.63) is 42.6 Å². The van der Waals surface area contributed by atoms with Crippen LogP contribution in [0.1, 0.15) is 5.89 Å². The summed E-state index contributed by atoms with van der Waals surface area (Å²) < 4.78 is 37.6. The van der Waals surface area contributed by atoms with Gasteiger partial charge in [0.15, 0.2) is 0 Å². The van der Waals surface area contributed by atoms with Gasteiger partial charge in [0.25, 0.3) is 15.9 Å². The van der Waals surface area contributed by atoms with E-state index in [1.165, 1.54) is 16.6 Å². The SMILES string of the molecule is Cc1nnc(-c2coc(S(=O)(=O)N3CCN(c4ccccn4)CC3)c2)o1. The summed E-state index contributed by atoms with van der Waals surface area (Å²) in [5.41, 5.74) is 0.441. The van der Waals surface area contributed by atoms with E-state index in [9.17, 15) is 8.42 Å². The van der Waals surface area contributed by atoms with Gasteiger partial charge in [0, 0.05) is 45.4 Å². The average Bonchev–Trinajstić information content (AvgIpc) is 3.32. The fraction of sp³-hybridized carbons (Fsp3) is 0.312. The first-order valence-electron chi connectivity index (χ1n) is 8.09. The second kappa shape index (κ2) is 6.54. The number of hydrogen-bond donors (Lipinski definition) is 0. The molecule has 9 nitrogen and oxygen atoms in total. The predicted molar refractivity (Wildman–Crippen MR) is 91.9 cm³/mol. The molecule has 0 radical (unpaired) electrons. The summed E-state index contributed by atoms with van der Waals surface area (Å²) in [6.07, 6.45) is 3.03. The molecule has 1 aliphatic heterocycles. The molecule has 0 aromatic carbocycles. The van der Waals surface area contributed by atoms with Gasteiger partial charge >= 0.3 is 0 Å². The van der Waals surface area contributed by atoms with Gasteiger partial charge in [-0.25, -0.2) is 13.4 Å². The van der Waals surface area contributed by atoms with Crippen molar-refractivity contribution in [1.82, 2.24) is 19.5 Å². The Morgan fingerprint density at radius 3 is 2.58 bits per heavy atom. The zero-order chi connectivity index (χ0) is 18.1. The maximum atomic E-state index is 12.8. The predicted octanol–water partition coefficient (Wildman–Crippen LogP) is 1.54. The van der Waals surface area contributed by atoms with Crippen LogP contribution in [0.2, 0.25) is 0 Å². The third-order valence-corrected chi connectivity index (χ3v) is 5.92. The number of piperazine rings is 1. The van der Waals surface area contributed by atoms with Crippen molar-refractivity contribution >= 4 is 15.8 Å². The summed E-state index contributed by atoms with van der Waals surface area (Å²) in [5.74, 6) is 1.47. The Morgan fingerprint density at radius 2 is 1.92 bits per heavy atom. The molecule has 1 aliphatic rings. The van der Waals surface area contributed by atoms with Gasteiger partial charge < -0.3 is 13.7 Å². The molecule has 1 fully saturated rings. The van der Waals surface area contributed by atoms with Gasteiger partial charge in [-0.1, -0.05) is 6.07 Å². The summed E-state index contributed by atoms with van der Waals surface area (Å²) in [4.78, 5) is 6.36. The van der Waals surface area contributed by atoms with Crippen LogP contribution in [0.25, 0.3) is 11.5 Å². The van der Waals surface area contributed by atoms with Crippen molar-refractivity contribution in [3.63, 3.8) is 0 Å². The lowest BCUT2D eigenvalue weighted by Crippen LogP contribution is -2.48. The van der Waals surface area contributed by atoms with Crippen LogP contribution < -0.4 is 4.90 Å². The Bertz CT molecular complexity index is 991. The second-order valence-electron chi connectivity index (χ2n) is 5.86. The molecule has 10 heteroatoms. The monoisotopic (exact) mass is 375 g/mol. The van der Waals surface area contributed by atoms with E-state index in [0.29, 0.717) is 37.6 Å². The van der Waals surface area contributed by atoms with Crippen molar-refractivity contribution in [2.45, 2.75) is 12.0 Å². The van der Waals surface area contributed by atoms with Crippen molar-refractivity contribution in [1.29, 1.82) is 0 Å². The summed E-state index contributed by atoms with van der Waals surface area (Å²) in [5, 5.41) is 7.47. The lowest BCUT2D eigenvalue weighted by atomic mass is 10.3. The first-order chi connectivity index (χ1) is 12.5. The van der Waals surface area contributed by atoms with E-state index in [0.717, 1.165) is 5.82 Å². The van der Waals surface area contributed by atoms with Crippen LogP contribution in [0.5, 0.6) is 0 Å². The second-order valence-corrected chi connectivity index (χ2v) is 7.73. The van der Waals surface area contributed by atoms with Crippen LogP contribution in [0.4, 0.5) is 5.82 Å². The Labute approximate surface area is 150 Å². The fourth-order valence-corrected chi connectivity index (χ4v) is 4.15. The van der Waals surface area contributed by atoms with Crippen molar-refractivity contribution in [2.75, 3.05) is 31.1 Å². The zero-order valence-electron chi connectivity index (χ0n) is 14.1. The number of pyridine rings is 1. The van der Waals surface area contributed by atoms with Crippen LogP contribution in [-0.2, 0) is 10.0 Å². The zero-order valence-corrected chi connectivity index (χ0v) is 14.9. The number of furan rings is 1. The van der Waals surface area contributed by atoms with Gasteiger partial charge in [-0.3, -0.25) is 0 Å². The number of aryl methyl sites for hydroxylation is 1. The van der Waals surface area contributed by atoms with Gasteiger partial charge in [-0.05, 0) is 12.1 Å². The minimum absolute atomic E-state index is 0.130. The van der Waals surface area contributed by atoms with Gasteiger partial charge in [0.05, 0.1) is 5.56 Å². The molecule has 0 amide bonds.